The number of carbonyl (C=O) groups is 2. The van der Waals surface area contributed by atoms with Crippen LogP contribution < -0.4 is 14.5 Å². The number of carbonyl (C=O) groups excluding carboxylic acids is 2. The number of anilines is 2. The van der Waals surface area contributed by atoms with Gasteiger partial charge in [0.2, 0.25) is 0 Å². The van der Waals surface area contributed by atoms with Crippen LogP contribution >= 0.6 is 0 Å². The zero-order valence-corrected chi connectivity index (χ0v) is 22.8. The third kappa shape index (κ3) is 4.06. The number of amides is 1. The Hall–Kier alpha value is -4.00. The van der Waals surface area contributed by atoms with Crippen LogP contribution in [0, 0.1) is 0 Å². The summed E-state index contributed by atoms with van der Waals surface area (Å²) in [7, 11) is 0. The first-order valence-electron chi connectivity index (χ1n) is 13.2. The number of benzene rings is 3. The minimum Gasteiger partial charge on any atom is -0.456 e. The van der Waals surface area contributed by atoms with Crippen molar-refractivity contribution in [1.29, 1.82) is 0 Å². The van der Waals surface area contributed by atoms with Gasteiger partial charge < -0.3 is 19.1 Å². The molecule has 0 radical (unpaired) electrons. The molecule has 7 nitrogen and oxygen atoms in total. The van der Waals surface area contributed by atoms with Gasteiger partial charge in [-0.25, -0.2) is 9.59 Å². The van der Waals surface area contributed by atoms with Crippen molar-refractivity contribution in [2.45, 2.75) is 52.7 Å². The number of esters is 1. The Morgan fingerprint density at radius 3 is 2.05 bits per heavy atom. The zero-order valence-electron chi connectivity index (χ0n) is 22.8. The highest BCUT2D eigenvalue weighted by Crippen LogP contribution is 2.57. The van der Waals surface area contributed by atoms with Gasteiger partial charge in [0.05, 0.1) is 11.3 Å². The maximum Gasteiger partial charge on any atom is 0.414 e. The minimum absolute atomic E-state index is 0.375. The standard InChI is InChI=1S/C31H34N2O5/c1-7-32(8-2)20-14-16-24-26(18-20)36-27-19-21(33(9-3)29(35)38-30(4,5)6)15-17-25(27)31(24)23-13-11-10-12-22(23)28(34)37-31/h10-19H,7-9H2,1-6H3. The molecule has 0 saturated heterocycles. The van der Waals surface area contributed by atoms with E-state index >= 15 is 0 Å². The first-order chi connectivity index (χ1) is 18.1. The van der Waals surface area contributed by atoms with Crippen molar-refractivity contribution in [3.8, 4) is 11.5 Å². The van der Waals surface area contributed by atoms with Gasteiger partial charge in [-0.2, -0.15) is 0 Å². The fourth-order valence-corrected chi connectivity index (χ4v) is 5.34. The van der Waals surface area contributed by atoms with E-state index in [1.54, 1.807) is 11.0 Å². The molecule has 2 heterocycles. The molecule has 198 valence electrons. The van der Waals surface area contributed by atoms with E-state index in [0.29, 0.717) is 34.9 Å². The van der Waals surface area contributed by atoms with E-state index < -0.39 is 17.3 Å². The van der Waals surface area contributed by atoms with Crippen LogP contribution in [-0.2, 0) is 15.1 Å². The van der Waals surface area contributed by atoms with Gasteiger partial charge >= 0.3 is 12.1 Å². The molecule has 0 N–H and O–H groups in total. The van der Waals surface area contributed by atoms with Crippen molar-refractivity contribution in [2.75, 3.05) is 29.4 Å². The van der Waals surface area contributed by atoms with Crippen molar-refractivity contribution < 1.29 is 23.8 Å². The molecule has 1 amide bonds. The van der Waals surface area contributed by atoms with Gasteiger partial charge in [0, 0.05) is 54.1 Å². The van der Waals surface area contributed by atoms with E-state index in [-0.39, 0.29) is 5.97 Å². The lowest BCUT2D eigenvalue weighted by Gasteiger charge is -2.37. The monoisotopic (exact) mass is 514 g/mol. The van der Waals surface area contributed by atoms with E-state index in [9.17, 15) is 9.59 Å². The van der Waals surface area contributed by atoms with Crippen molar-refractivity contribution in [3.63, 3.8) is 0 Å². The minimum atomic E-state index is -1.15. The van der Waals surface area contributed by atoms with Gasteiger partial charge in [0.25, 0.3) is 0 Å². The van der Waals surface area contributed by atoms with Gasteiger partial charge in [0.15, 0.2) is 5.60 Å². The van der Waals surface area contributed by atoms with E-state index in [1.165, 1.54) is 0 Å². The highest BCUT2D eigenvalue weighted by Gasteiger charge is 2.53. The second kappa shape index (κ2) is 9.39. The summed E-state index contributed by atoms with van der Waals surface area (Å²) in [5.41, 5.74) is 2.67. The van der Waals surface area contributed by atoms with Crippen LogP contribution in [0.3, 0.4) is 0 Å². The second-order valence-electron chi connectivity index (χ2n) is 10.5. The molecule has 1 atom stereocenters. The number of ether oxygens (including phenoxy) is 3. The van der Waals surface area contributed by atoms with Gasteiger partial charge in [-0.05, 0) is 71.9 Å². The molecule has 0 saturated carbocycles. The molecule has 7 heteroatoms. The van der Waals surface area contributed by atoms with Gasteiger partial charge in [0.1, 0.15) is 17.1 Å². The summed E-state index contributed by atoms with van der Waals surface area (Å²) in [6, 6.07) is 19.1. The van der Waals surface area contributed by atoms with Gasteiger partial charge in [-0.15, -0.1) is 0 Å². The highest BCUT2D eigenvalue weighted by molar-refractivity contribution is 5.97. The smallest absolute Gasteiger partial charge is 0.414 e. The average molecular weight is 515 g/mol. The Morgan fingerprint density at radius 1 is 0.842 bits per heavy atom. The molecular weight excluding hydrogens is 480 g/mol. The number of hydrogen-bond acceptors (Lipinski definition) is 6. The van der Waals surface area contributed by atoms with E-state index in [4.69, 9.17) is 14.2 Å². The quantitative estimate of drug-likeness (QED) is 0.347. The normalized spacial score (nSPS) is 17.2. The summed E-state index contributed by atoms with van der Waals surface area (Å²) in [5, 5.41) is 0. The summed E-state index contributed by atoms with van der Waals surface area (Å²) in [6.07, 6.45) is -0.438. The number of fused-ring (bicyclic) bond motifs is 6. The Labute approximate surface area is 223 Å². The van der Waals surface area contributed by atoms with Crippen molar-refractivity contribution in [2.24, 2.45) is 0 Å². The first kappa shape index (κ1) is 25.6. The molecule has 1 spiro atoms. The third-order valence-corrected chi connectivity index (χ3v) is 7.05. The zero-order chi connectivity index (χ0) is 27.2. The summed E-state index contributed by atoms with van der Waals surface area (Å²) in [5.74, 6) is 0.766. The molecule has 38 heavy (non-hydrogen) atoms. The van der Waals surface area contributed by atoms with Crippen LogP contribution in [0.2, 0.25) is 0 Å². The Kier molecular flexibility index (Phi) is 6.33. The molecule has 0 bridgehead atoms. The lowest BCUT2D eigenvalue weighted by molar-refractivity contribution is 0.0224. The van der Waals surface area contributed by atoms with Crippen LogP contribution in [0.25, 0.3) is 0 Å². The number of hydrogen-bond donors (Lipinski definition) is 0. The van der Waals surface area contributed by atoms with Crippen LogP contribution in [0.4, 0.5) is 16.2 Å². The molecule has 5 rings (SSSR count). The molecule has 0 fully saturated rings. The number of nitrogens with zero attached hydrogens (tertiary/aromatic N) is 2. The van der Waals surface area contributed by atoms with Crippen molar-refractivity contribution >= 4 is 23.4 Å². The molecule has 2 aliphatic rings. The predicted molar refractivity (Wildman–Crippen MR) is 148 cm³/mol. The van der Waals surface area contributed by atoms with E-state index in [0.717, 1.165) is 29.9 Å². The van der Waals surface area contributed by atoms with Crippen molar-refractivity contribution in [3.05, 3.63) is 82.9 Å². The van der Waals surface area contributed by atoms with E-state index in [1.807, 2.05) is 82.3 Å². The summed E-state index contributed by atoms with van der Waals surface area (Å²) in [4.78, 5) is 29.9. The Balaban J connectivity index is 1.69. The summed E-state index contributed by atoms with van der Waals surface area (Å²) < 4.78 is 18.4. The van der Waals surface area contributed by atoms with Crippen LogP contribution in [-0.4, -0.2) is 37.3 Å². The molecule has 3 aromatic rings. The average Bonchev–Trinajstić information content (AvgIpc) is 3.17. The Bertz CT molecular complexity index is 1410. The lowest BCUT2D eigenvalue weighted by Crippen LogP contribution is -2.37. The van der Waals surface area contributed by atoms with Crippen LogP contribution in [0.1, 0.15) is 68.6 Å². The fourth-order valence-electron chi connectivity index (χ4n) is 5.34. The molecule has 0 aliphatic carbocycles. The SMILES string of the molecule is CCN(CC)c1ccc2c(c1)Oc1cc(N(CC)C(=O)OC(C)(C)C)ccc1C21OC(=O)c2ccccc21. The largest absolute Gasteiger partial charge is 0.456 e. The maximum atomic E-state index is 13.1. The van der Waals surface area contributed by atoms with Gasteiger partial charge in [-0.3, -0.25) is 4.90 Å². The lowest BCUT2D eigenvalue weighted by atomic mass is 9.77. The van der Waals surface area contributed by atoms with Crippen LogP contribution in [0.15, 0.2) is 60.7 Å². The first-order valence-corrected chi connectivity index (χ1v) is 13.2. The highest BCUT2D eigenvalue weighted by atomic mass is 16.6. The van der Waals surface area contributed by atoms with Crippen LogP contribution in [0.5, 0.6) is 11.5 Å². The van der Waals surface area contributed by atoms with Crippen molar-refractivity contribution in [1.82, 2.24) is 0 Å². The maximum absolute atomic E-state index is 13.1. The third-order valence-electron chi connectivity index (χ3n) is 7.05. The summed E-state index contributed by atoms with van der Waals surface area (Å²) in [6.45, 7) is 13.8. The molecule has 2 aliphatic heterocycles. The molecule has 3 aromatic carbocycles. The predicted octanol–water partition coefficient (Wildman–Crippen LogP) is 6.86. The Morgan fingerprint density at radius 2 is 1.45 bits per heavy atom. The van der Waals surface area contributed by atoms with Gasteiger partial charge in [-0.1, -0.05) is 18.2 Å². The molecule has 0 aromatic heterocycles. The van der Waals surface area contributed by atoms with E-state index in [2.05, 4.69) is 18.7 Å². The molecular formula is C31H34N2O5. The number of rotatable bonds is 5. The summed E-state index contributed by atoms with van der Waals surface area (Å²) >= 11 is 0. The second-order valence-corrected chi connectivity index (χ2v) is 10.5. The fraction of sp³-hybridized carbons (Fsp3) is 0.355. The molecule has 1 unspecified atom stereocenters. The topological polar surface area (TPSA) is 68.3 Å².